The van der Waals surface area contributed by atoms with E-state index in [1.807, 2.05) is 35.7 Å². The highest BCUT2D eigenvalue weighted by Gasteiger charge is 2.08. The number of anilines is 2. The zero-order valence-corrected chi connectivity index (χ0v) is 14.0. The summed E-state index contributed by atoms with van der Waals surface area (Å²) in [6, 6.07) is 13.8. The average molecular weight is 362 g/mol. The molecule has 122 valence electrons. The number of hydrogen-bond donors (Lipinski definition) is 2. The van der Waals surface area contributed by atoms with E-state index in [1.54, 1.807) is 0 Å². The summed E-state index contributed by atoms with van der Waals surface area (Å²) < 4.78 is 13.1. The number of thiazole rings is 1. The third-order valence-electron chi connectivity index (χ3n) is 3.18. The van der Waals surface area contributed by atoms with Crippen LogP contribution in [-0.4, -0.2) is 17.4 Å². The van der Waals surface area contributed by atoms with Crippen LogP contribution in [0.2, 0.25) is 5.02 Å². The number of benzene rings is 2. The molecule has 3 rings (SSSR count). The van der Waals surface area contributed by atoms with Gasteiger partial charge < -0.3 is 10.6 Å². The molecule has 0 radical (unpaired) electrons. The van der Waals surface area contributed by atoms with E-state index < -0.39 is 5.82 Å². The lowest BCUT2D eigenvalue weighted by Crippen LogP contribution is -2.21. The van der Waals surface area contributed by atoms with Gasteiger partial charge in [0.15, 0.2) is 5.13 Å². The van der Waals surface area contributed by atoms with Gasteiger partial charge in [-0.25, -0.2) is 9.37 Å². The van der Waals surface area contributed by atoms with Crippen LogP contribution in [0.1, 0.15) is 0 Å². The fourth-order valence-electron chi connectivity index (χ4n) is 2.03. The summed E-state index contributed by atoms with van der Waals surface area (Å²) in [6.45, 7) is 0.0523. The van der Waals surface area contributed by atoms with Gasteiger partial charge in [-0.05, 0) is 18.2 Å². The number of rotatable bonds is 5. The van der Waals surface area contributed by atoms with Gasteiger partial charge in [0.2, 0.25) is 5.91 Å². The molecule has 0 aliphatic heterocycles. The van der Waals surface area contributed by atoms with Crippen LogP contribution in [0.5, 0.6) is 0 Å². The molecule has 1 aromatic heterocycles. The van der Waals surface area contributed by atoms with E-state index in [0.717, 1.165) is 11.3 Å². The quantitative estimate of drug-likeness (QED) is 0.695. The van der Waals surface area contributed by atoms with E-state index in [-0.39, 0.29) is 17.5 Å². The molecule has 24 heavy (non-hydrogen) atoms. The molecule has 0 saturated carbocycles. The molecule has 0 bridgehead atoms. The summed E-state index contributed by atoms with van der Waals surface area (Å²) in [7, 11) is 0. The second kappa shape index (κ2) is 7.42. The average Bonchev–Trinajstić information content (AvgIpc) is 3.06. The van der Waals surface area contributed by atoms with Crippen molar-refractivity contribution in [2.75, 3.05) is 17.2 Å². The van der Waals surface area contributed by atoms with Crippen molar-refractivity contribution in [1.29, 1.82) is 0 Å². The van der Waals surface area contributed by atoms with E-state index in [2.05, 4.69) is 15.6 Å². The van der Waals surface area contributed by atoms with Crippen LogP contribution in [-0.2, 0) is 4.79 Å². The first-order valence-electron chi connectivity index (χ1n) is 7.11. The van der Waals surface area contributed by atoms with Crippen LogP contribution in [0.3, 0.4) is 0 Å². The van der Waals surface area contributed by atoms with Gasteiger partial charge in [0.25, 0.3) is 0 Å². The van der Waals surface area contributed by atoms with Crippen molar-refractivity contribution < 1.29 is 9.18 Å². The molecule has 0 fully saturated rings. The number of carbonyl (C=O) groups is 1. The summed E-state index contributed by atoms with van der Waals surface area (Å²) >= 11 is 7.11. The fraction of sp³-hybridized carbons (Fsp3) is 0.0588. The SMILES string of the molecule is O=C(CNc1nc(-c2ccccc2)cs1)Nc1ccc(F)c(Cl)c1. The Morgan fingerprint density at radius 1 is 1.21 bits per heavy atom. The lowest BCUT2D eigenvalue weighted by atomic mass is 10.2. The monoisotopic (exact) mass is 361 g/mol. The molecule has 3 aromatic rings. The van der Waals surface area contributed by atoms with Gasteiger partial charge in [0.1, 0.15) is 5.82 Å². The van der Waals surface area contributed by atoms with Gasteiger partial charge in [0.05, 0.1) is 17.3 Å². The third-order valence-corrected chi connectivity index (χ3v) is 4.27. The van der Waals surface area contributed by atoms with E-state index in [1.165, 1.54) is 29.5 Å². The minimum absolute atomic E-state index is 0.0341. The van der Waals surface area contributed by atoms with E-state index in [0.29, 0.717) is 10.8 Å². The molecule has 0 aliphatic carbocycles. The highest BCUT2D eigenvalue weighted by atomic mass is 35.5. The molecule has 2 N–H and O–H groups in total. The van der Waals surface area contributed by atoms with Crippen LogP contribution in [0.4, 0.5) is 15.2 Å². The van der Waals surface area contributed by atoms with Crippen LogP contribution < -0.4 is 10.6 Å². The predicted molar refractivity (Wildman–Crippen MR) is 96.1 cm³/mol. The number of amides is 1. The predicted octanol–water partition coefficient (Wildman–Crippen LogP) is 4.65. The minimum atomic E-state index is -0.524. The van der Waals surface area contributed by atoms with Gasteiger partial charge in [-0.2, -0.15) is 0 Å². The second-order valence-corrected chi connectivity index (χ2v) is 6.20. The first-order valence-corrected chi connectivity index (χ1v) is 8.37. The lowest BCUT2D eigenvalue weighted by molar-refractivity contribution is -0.114. The van der Waals surface area contributed by atoms with E-state index in [4.69, 9.17) is 11.6 Å². The van der Waals surface area contributed by atoms with Crippen LogP contribution in [0.15, 0.2) is 53.9 Å². The third kappa shape index (κ3) is 4.10. The summed E-state index contributed by atoms with van der Waals surface area (Å²) in [5, 5.41) is 8.16. The molecule has 0 spiro atoms. The number of aromatic nitrogens is 1. The van der Waals surface area contributed by atoms with Crippen molar-refractivity contribution in [2.24, 2.45) is 0 Å². The molecule has 4 nitrogen and oxygen atoms in total. The molecule has 0 aliphatic rings. The van der Waals surface area contributed by atoms with Crippen molar-refractivity contribution >= 4 is 39.7 Å². The summed E-state index contributed by atoms with van der Waals surface area (Å²) in [4.78, 5) is 16.4. The first kappa shape index (κ1) is 16.4. The van der Waals surface area contributed by atoms with Gasteiger partial charge in [-0.15, -0.1) is 11.3 Å². The Kier molecular flexibility index (Phi) is 5.08. The number of halogens is 2. The summed E-state index contributed by atoms with van der Waals surface area (Å²) in [5.41, 5.74) is 2.32. The summed E-state index contributed by atoms with van der Waals surface area (Å²) in [6.07, 6.45) is 0. The van der Waals surface area contributed by atoms with Crippen LogP contribution >= 0.6 is 22.9 Å². The standard InChI is InChI=1S/C17H13ClFN3OS/c18-13-8-12(6-7-14(13)19)21-16(23)9-20-17-22-15(10-24-17)11-4-2-1-3-5-11/h1-8,10H,9H2,(H,20,22)(H,21,23). The zero-order chi connectivity index (χ0) is 16.9. The van der Waals surface area contributed by atoms with Crippen molar-refractivity contribution in [1.82, 2.24) is 4.98 Å². The minimum Gasteiger partial charge on any atom is -0.352 e. The van der Waals surface area contributed by atoms with Crippen molar-refractivity contribution in [3.8, 4) is 11.3 Å². The highest BCUT2D eigenvalue weighted by Crippen LogP contribution is 2.24. The van der Waals surface area contributed by atoms with Crippen LogP contribution in [0.25, 0.3) is 11.3 Å². The zero-order valence-electron chi connectivity index (χ0n) is 12.4. The number of carbonyl (C=O) groups excluding carboxylic acids is 1. The molecule has 0 unspecified atom stereocenters. The largest absolute Gasteiger partial charge is 0.352 e. The van der Waals surface area contributed by atoms with Gasteiger partial charge in [-0.3, -0.25) is 4.79 Å². The van der Waals surface area contributed by atoms with E-state index in [9.17, 15) is 9.18 Å². The molecule has 7 heteroatoms. The lowest BCUT2D eigenvalue weighted by Gasteiger charge is -2.06. The van der Waals surface area contributed by atoms with Crippen LogP contribution in [0, 0.1) is 5.82 Å². The Labute approximate surface area is 147 Å². The highest BCUT2D eigenvalue weighted by molar-refractivity contribution is 7.14. The maximum atomic E-state index is 13.1. The molecule has 1 amide bonds. The van der Waals surface area contributed by atoms with Crippen molar-refractivity contribution in [3.05, 3.63) is 64.8 Å². The number of nitrogens with zero attached hydrogens (tertiary/aromatic N) is 1. The van der Waals surface area contributed by atoms with Crippen molar-refractivity contribution in [3.63, 3.8) is 0 Å². The molecule has 1 heterocycles. The molecular weight excluding hydrogens is 349 g/mol. The molecular formula is C17H13ClFN3OS. The Morgan fingerprint density at radius 3 is 2.75 bits per heavy atom. The van der Waals surface area contributed by atoms with Crippen molar-refractivity contribution in [2.45, 2.75) is 0 Å². The summed E-state index contributed by atoms with van der Waals surface area (Å²) in [5.74, 6) is -0.793. The molecule has 2 aromatic carbocycles. The maximum Gasteiger partial charge on any atom is 0.243 e. The Morgan fingerprint density at radius 2 is 2.00 bits per heavy atom. The van der Waals surface area contributed by atoms with E-state index >= 15 is 0 Å². The fourth-order valence-corrected chi connectivity index (χ4v) is 2.93. The Bertz CT molecular complexity index is 854. The molecule has 0 atom stereocenters. The number of hydrogen-bond acceptors (Lipinski definition) is 4. The Hall–Kier alpha value is -2.44. The smallest absolute Gasteiger partial charge is 0.243 e. The maximum absolute atomic E-state index is 13.1. The first-order chi connectivity index (χ1) is 11.6. The van der Waals surface area contributed by atoms with Gasteiger partial charge >= 0.3 is 0 Å². The Balaban J connectivity index is 1.56. The van der Waals surface area contributed by atoms with Gasteiger partial charge in [-0.1, -0.05) is 41.9 Å². The normalized spacial score (nSPS) is 10.4. The number of nitrogens with one attached hydrogen (secondary N) is 2. The molecule has 0 saturated heterocycles. The topological polar surface area (TPSA) is 54.0 Å². The van der Waals surface area contributed by atoms with Gasteiger partial charge in [0, 0.05) is 16.6 Å². The second-order valence-electron chi connectivity index (χ2n) is 4.93.